The molecule has 0 fully saturated rings. The lowest BCUT2D eigenvalue weighted by molar-refractivity contribution is 0.601. The Balaban J connectivity index is 1.56. The number of hydrogen-bond acceptors (Lipinski definition) is 6. The van der Waals surface area contributed by atoms with E-state index in [0.29, 0.717) is 27.1 Å². The van der Waals surface area contributed by atoms with Gasteiger partial charge in [-0.3, -0.25) is 4.72 Å². The van der Waals surface area contributed by atoms with E-state index in [1.54, 1.807) is 30.5 Å². The van der Waals surface area contributed by atoms with Crippen LogP contribution >= 0.6 is 22.9 Å². The van der Waals surface area contributed by atoms with Crippen molar-refractivity contribution in [3.8, 4) is 11.3 Å². The average molecular weight is 497 g/mol. The van der Waals surface area contributed by atoms with Crippen molar-refractivity contribution in [3.05, 3.63) is 88.8 Å². The van der Waals surface area contributed by atoms with Gasteiger partial charge >= 0.3 is 0 Å². The van der Waals surface area contributed by atoms with Gasteiger partial charge in [0.15, 0.2) is 0 Å². The number of halogens is 1. The number of benzene rings is 3. The van der Waals surface area contributed by atoms with Crippen LogP contribution in [0.2, 0.25) is 5.02 Å². The van der Waals surface area contributed by atoms with Crippen molar-refractivity contribution in [2.45, 2.75) is 4.90 Å². The molecule has 0 radical (unpaired) electrons. The van der Waals surface area contributed by atoms with Crippen molar-refractivity contribution in [1.82, 2.24) is 4.98 Å². The fraction of sp³-hybridized carbons (Fsp3) is 0.0833. The minimum absolute atomic E-state index is 0.130. The third kappa shape index (κ3) is 5.60. The molecule has 1 N–H and O–H groups in total. The van der Waals surface area contributed by atoms with Crippen LogP contribution in [0.1, 0.15) is 5.56 Å². The molecule has 0 unspecified atom stereocenters. The highest BCUT2D eigenvalue weighted by atomic mass is 35.5. The zero-order valence-electron chi connectivity index (χ0n) is 17.9. The van der Waals surface area contributed by atoms with Gasteiger partial charge in [0, 0.05) is 42.0 Å². The maximum absolute atomic E-state index is 12.8. The zero-order valence-corrected chi connectivity index (χ0v) is 20.3. The minimum atomic E-state index is -3.78. The van der Waals surface area contributed by atoms with Crippen LogP contribution in [-0.2, 0) is 10.0 Å². The highest BCUT2D eigenvalue weighted by molar-refractivity contribution is 7.92. The number of aliphatic imine (C=N–C) groups is 1. The van der Waals surface area contributed by atoms with Gasteiger partial charge in [0.1, 0.15) is 0 Å². The number of hydrogen-bond donors (Lipinski definition) is 1. The Morgan fingerprint density at radius 2 is 1.70 bits per heavy atom. The summed E-state index contributed by atoms with van der Waals surface area (Å²) >= 11 is 7.27. The van der Waals surface area contributed by atoms with E-state index < -0.39 is 10.0 Å². The lowest BCUT2D eigenvalue weighted by Gasteiger charge is -2.11. The predicted molar refractivity (Wildman–Crippen MR) is 138 cm³/mol. The third-order valence-corrected chi connectivity index (χ3v) is 7.18. The fourth-order valence-electron chi connectivity index (χ4n) is 3.05. The molecule has 0 amide bonds. The lowest BCUT2D eigenvalue weighted by Crippen LogP contribution is -2.13. The number of aromatic nitrogens is 1. The molecule has 168 valence electrons. The number of para-hydroxylation sites is 1. The molecule has 0 atom stereocenters. The Morgan fingerprint density at radius 1 is 1.00 bits per heavy atom. The molecule has 0 aliphatic rings. The molecule has 0 bridgehead atoms. The van der Waals surface area contributed by atoms with E-state index in [1.807, 2.05) is 60.8 Å². The van der Waals surface area contributed by atoms with E-state index in [-0.39, 0.29) is 4.90 Å². The number of nitrogens with one attached hydrogen (secondary N) is 1. The first-order valence-electron chi connectivity index (χ1n) is 9.96. The number of thiazole rings is 1. The lowest BCUT2D eigenvalue weighted by atomic mass is 10.1. The third-order valence-electron chi connectivity index (χ3n) is 4.80. The highest BCUT2D eigenvalue weighted by Gasteiger charge is 2.17. The Bertz CT molecular complexity index is 1380. The molecule has 4 aromatic rings. The van der Waals surface area contributed by atoms with E-state index >= 15 is 0 Å². The van der Waals surface area contributed by atoms with Crippen molar-refractivity contribution < 1.29 is 8.42 Å². The summed E-state index contributed by atoms with van der Waals surface area (Å²) in [6.07, 6.45) is 1.76. The van der Waals surface area contributed by atoms with Gasteiger partial charge in [-0.25, -0.2) is 18.4 Å². The summed E-state index contributed by atoms with van der Waals surface area (Å²) in [7, 11) is 0.211. The van der Waals surface area contributed by atoms with Gasteiger partial charge in [-0.2, -0.15) is 0 Å². The van der Waals surface area contributed by atoms with Crippen LogP contribution in [0.25, 0.3) is 11.3 Å². The standard InChI is InChI=1S/C24H21ClN4O2S2/c1-29(2)19-11-7-17(8-12-19)15-26-24-27-23(16-32-24)21-5-3-4-6-22(21)28-33(30,31)20-13-9-18(25)10-14-20/h3-16,28H,1-2H3/b26-15+. The largest absolute Gasteiger partial charge is 0.378 e. The maximum atomic E-state index is 12.8. The molecular weight excluding hydrogens is 476 g/mol. The average Bonchev–Trinajstić information content (AvgIpc) is 3.27. The molecule has 0 spiro atoms. The Labute approximate surface area is 202 Å². The first kappa shape index (κ1) is 23.0. The molecule has 1 heterocycles. The van der Waals surface area contributed by atoms with Crippen LogP contribution < -0.4 is 9.62 Å². The monoisotopic (exact) mass is 496 g/mol. The Kier molecular flexibility index (Phi) is 6.78. The first-order chi connectivity index (χ1) is 15.8. The zero-order chi connectivity index (χ0) is 23.4. The molecular formula is C24H21ClN4O2S2. The Hall–Kier alpha value is -3.20. The Morgan fingerprint density at radius 3 is 2.39 bits per heavy atom. The quantitative estimate of drug-likeness (QED) is 0.314. The molecule has 1 aromatic heterocycles. The second-order valence-corrected chi connectivity index (χ2v) is 10.3. The highest BCUT2D eigenvalue weighted by Crippen LogP contribution is 2.33. The normalized spacial score (nSPS) is 11.6. The molecule has 6 nitrogen and oxygen atoms in total. The molecule has 0 aliphatic carbocycles. The SMILES string of the molecule is CN(C)c1ccc(/C=N/c2nc(-c3ccccc3NS(=O)(=O)c3ccc(Cl)cc3)cs2)cc1. The summed E-state index contributed by atoms with van der Waals surface area (Å²) in [6, 6.07) is 21.2. The van der Waals surface area contributed by atoms with Gasteiger partial charge in [0.05, 0.1) is 16.3 Å². The molecule has 0 saturated heterocycles. The van der Waals surface area contributed by atoms with Gasteiger partial charge in [0.25, 0.3) is 10.0 Å². The van der Waals surface area contributed by atoms with E-state index in [2.05, 4.69) is 14.7 Å². The van der Waals surface area contributed by atoms with Crippen LogP contribution in [0.3, 0.4) is 0 Å². The molecule has 9 heteroatoms. The second kappa shape index (κ2) is 9.74. The van der Waals surface area contributed by atoms with Gasteiger partial charge in [0.2, 0.25) is 5.13 Å². The van der Waals surface area contributed by atoms with E-state index in [1.165, 1.54) is 23.5 Å². The van der Waals surface area contributed by atoms with Crippen molar-refractivity contribution in [3.63, 3.8) is 0 Å². The topological polar surface area (TPSA) is 74.7 Å². The van der Waals surface area contributed by atoms with Crippen molar-refractivity contribution >= 4 is 55.7 Å². The second-order valence-electron chi connectivity index (χ2n) is 7.36. The molecule has 4 rings (SSSR count). The summed E-state index contributed by atoms with van der Waals surface area (Å²) in [5, 5.41) is 2.91. The summed E-state index contributed by atoms with van der Waals surface area (Å²) in [5.74, 6) is 0. The van der Waals surface area contributed by atoms with Crippen LogP contribution in [-0.4, -0.2) is 33.7 Å². The van der Waals surface area contributed by atoms with Crippen molar-refractivity contribution in [2.24, 2.45) is 4.99 Å². The van der Waals surface area contributed by atoms with Crippen LogP contribution in [0.4, 0.5) is 16.5 Å². The number of rotatable bonds is 7. The first-order valence-corrected chi connectivity index (χ1v) is 12.7. The van der Waals surface area contributed by atoms with E-state index in [9.17, 15) is 8.42 Å². The number of sulfonamides is 1. The summed E-state index contributed by atoms with van der Waals surface area (Å²) < 4.78 is 28.3. The van der Waals surface area contributed by atoms with Gasteiger partial charge in [-0.1, -0.05) is 41.9 Å². The van der Waals surface area contributed by atoms with Gasteiger partial charge < -0.3 is 4.90 Å². The van der Waals surface area contributed by atoms with Crippen molar-refractivity contribution in [1.29, 1.82) is 0 Å². The number of anilines is 2. The minimum Gasteiger partial charge on any atom is -0.378 e. The van der Waals surface area contributed by atoms with Crippen LogP contribution in [0.15, 0.2) is 88.1 Å². The van der Waals surface area contributed by atoms with Gasteiger partial charge in [-0.15, -0.1) is 11.3 Å². The van der Waals surface area contributed by atoms with Crippen LogP contribution in [0, 0.1) is 0 Å². The fourth-order valence-corrected chi connectivity index (χ4v) is 4.92. The predicted octanol–water partition coefficient (Wildman–Crippen LogP) is 6.08. The smallest absolute Gasteiger partial charge is 0.261 e. The summed E-state index contributed by atoms with van der Waals surface area (Å²) in [5.41, 5.74) is 3.83. The summed E-state index contributed by atoms with van der Waals surface area (Å²) in [6.45, 7) is 0. The van der Waals surface area contributed by atoms with Crippen molar-refractivity contribution in [2.75, 3.05) is 23.7 Å². The molecule has 0 aliphatic heterocycles. The number of nitrogens with zero attached hydrogens (tertiary/aromatic N) is 3. The summed E-state index contributed by atoms with van der Waals surface area (Å²) in [4.78, 5) is 11.2. The van der Waals surface area contributed by atoms with E-state index in [4.69, 9.17) is 11.6 Å². The molecule has 33 heavy (non-hydrogen) atoms. The molecule has 0 saturated carbocycles. The maximum Gasteiger partial charge on any atom is 0.261 e. The van der Waals surface area contributed by atoms with Gasteiger partial charge in [-0.05, 0) is 48.0 Å². The van der Waals surface area contributed by atoms with E-state index in [0.717, 1.165) is 11.3 Å². The van der Waals surface area contributed by atoms with Crippen LogP contribution in [0.5, 0.6) is 0 Å². The molecule has 3 aromatic carbocycles.